The molecule has 1 atom stereocenters. The van der Waals surface area contributed by atoms with Crippen molar-refractivity contribution in [3.63, 3.8) is 0 Å². The van der Waals surface area contributed by atoms with E-state index in [0.29, 0.717) is 6.04 Å². The van der Waals surface area contributed by atoms with E-state index in [-0.39, 0.29) is 0 Å². The first kappa shape index (κ1) is 11.2. The van der Waals surface area contributed by atoms with Crippen LogP contribution in [0.4, 0.5) is 0 Å². The Hall–Kier alpha value is -0.870. The monoisotopic (exact) mass is 235 g/mol. The zero-order valence-electron chi connectivity index (χ0n) is 10.6. The number of morpholine rings is 1. The minimum atomic E-state index is 0.687. The largest absolute Gasteiger partial charge is 0.379 e. The molecule has 1 fully saturated rings. The van der Waals surface area contributed by atoms with Crippen LogP contribution < -0.4 is 0 Å². The van der Waals surface area contributed by atoms with Crippen LogP contribution in [0.3, 0.4) is 0 Å². The molecule has 0 N–H and O–H groups in total. The standard InChI is InChI=1S/C13H21N3O/c1-2-15-10-14-12-9-11(3-4-13(12)15)16-5-7-17-8-6-16/h10-11H,2-9H2,1H3. The minimum absolute atomic E-state index is 0.687. The highest BCUT2D eigenvalue weighted by atomic mass is 16.5. The van der Waals surface area contributed by atoms with Gasteiger partial charge in [0.2, 0.25) is 0 Å². The molecule has 0 bridgehead atoms. The highest BCUT2D eigenvalue weighted by Gasteiger charge is 2.27. The summed E-state index contributed by atoms with van der Waals surface area (Å²) in [5, 5.41) is 0. The highest BCUT2D eigenvalue weighted by molar-refractivity contribution is 5.18. The molecule has 1 saturated heterocycles. The van der Waals surface area contributed by atoms with E-state index in [1.807, 2.05) is 6.33 Å². The molecule has 94 valence electrons. The molecule has 1 unspecified atom stereocenters. The van der Waals surface area contributed by atoms with E-state index in [2.05, 4.69) is 21.4 Å². The molecule has 4 heteroatoms. The first-order valence-corrected chi connectivity index (χ1v) is 6.73. The first-order valence-electron chi connectivity index (χ1n) is 6.73. The number of rotatable bonds is 2. The van der Waals surface area contributed by atoms with Crippen LogP contribution in [0.5, 0.6) is 0 Å². The van der Waals surface area contributed by atoms with E-state index in [1.165, 1.54) is 24.2 Å². The lowest BCUT2D eigenvalue weighted by molar-refractivity contribution is 0.0134. The Morgan fingerprint density at radius 1 is 1.41 bits per heavy atom. The fourth-order valence-electron chi connectivity index (χ4n) is 3.06. The predicted molar refractivity (Wildman–Crippen MR) is 66.1 cm³/mol. The third-order valence-corrected chi connectivity index (χ3v) is 4.08. The zero-order valence-corrected chi connectivity index (χ0v) is 10.6. The van der Waals surface area contributed by atoms with Gasteiger partial charge in [-0.2, -0.15) is 0 Å². The molecular weight excluding hydrogens is 214 g/mol. The van der Waals surface area contributed by atoms with E-state index in [9.17, 15) is 0 Å². The van der Waals surface area contributed by atoms with E-state index in [4.69, 9.17) is 4.74 Å². The summed E-state index contributed by atoms with van der Waals surface area (Å²) < 4.78 is 7.72. The Bertz CT molecular complexity index is 382. The number of ether oxygens (including phenoxy) is 1. The van der Waals surface area contributed by atoms with Crippen LogP contribution in [0.15, 0.2) is 6.33 Å². The van der Waals surface area contributed by atoms with Gasteiger partial charge in [-0.25, -0.2) is 4.98 Å². The Morgan fingerprint density at radius 3 is 3.00 bits per heavy atom. The van der Waals surface area contributed by atoms with Gasteiger partial charge in [-0.15, -0.1) is 0 Å². The highest BCUT2D eigenvalue weighted by Crippen LogP contribution is 2.24. The predicted octanol–water partition coefficient (Wildman–Crippen LogP) is 1.09. The molecule has 2 heterocycles. The quantitative estimate of drug-likeness (QED) is 0.769. The molecule has 0 spiro atoms. The number of imidazole rings is 1. The van der Waals surface area contributed by atoms with E-state index < -0.39 is 0 Å². The zero-order chi connectivity index (χ0) is 11.7. The van der Waals surface area contributed by atoms with Gasteiger partial charge in [-0.05, 0) is 19.8 Å². The van der Waals surface area contributed by atoms with Crippen LogP contribution in [0.1, 0.15) is 24.7 Å². The molecule has 3 rings (SSSR count). The molecule has 2 aliphatic rings. The number of aromatic nitrogens is 2. The first-order chi connectivity index (χ1) is 8.38. The maximum atomic E-state index is 5.42. The molecule has 4 nitrogen and oxygen atoms in total. The molecule has 1 aliphatic carbocycles. The lowest BCUT2D eigenvalue weighted by Crippen LogP contribution is -2.46. The summed E-state index contributed by atoms with van der Waals surface area (Å²) in [5.41, 5.74) is 2.80. The normalized spacial score (nSPS) is 25.8. The molecular formula is C13H21N3O. The van der Waals surface area contributed by atoms with Gasteiger partial charge in [0.15, 0.2) is 0 Å². The fourth-order valence-corrected chi connectivity index (χ4v) is 3.06. The van der Waals surface area contributed by atoms with Gasteiger partial charge in [0.1, 0.15) is 0 Å². The van der Waals surface area contributed by atoms with Crippen molar-refractivity contribution < 1.29 is 4.74 Å². The van der Waals surface area contributed by atoms with Crippen molar-refractivity contribution in [1.82, 2.24) is 14.5 Å². The van der Waals surface area contributed by atoms with Gasteiger partial charge < -0.3 is 9.30 Å². The average Bonchev–Trinajstić information content (AvgIpc) is 2.81. The Kier molecular flexibility index (Phi) is 3.16. The van der Waals surface area contributed by atoms with Crippen molar-refractivity contribution in [2.45, 2.75) is 38.8 Å². The van der Waals surface area contributed by atoms with Crippen LogP contribution in [0.25, 0.3) is 0 Å². The number of fused-ring (bicyclic) bond motifs is 1. The topological polar surface area (TPSA) is 30.3 Å². The van der Waals surface area contributed by atoms with E-state index in [1.54, 1.807) is 0 Å². The van der Waals surface area contributed by atoms with Crippen LogP contribution >= 0.6 is 0 Å². The van der Waals surface area contributed by atoms with Gasteiger partial charge in [0.05, 0.1) is 25.2 Å². The summed E-state index contributed by atoms with van der Waals surface area (Å²) in [6.45, 7) is 7.21. The summed E-state index contributed by atoms with van der Waals surface area (Å²) in [4.78, 5) is 7.16. The molecule has 1 aromatic rings. The number of nitrogens with zero attached hydrogens (tertiary/aromatic N) is 3. The molecule has 17 heavy (non-hydrogen) atoms. The third-order valence-electron chi connectivity index (χ3n) is 4.08. The molecule has 0 aromatic carbocycles. The maximum Gasteiger partial charge on any atom is 0.0951 e. The summed E-state index contributed by atoms with van der Waals surface area (Å²) >= 11 is 0. The van der Waals surface area contributed by atoms with Gasteiger partial charge in [0.25, 0.3) is 0 Å². The number of aryl methyl sites for hydroxylation is 1. The smallest absolute Gasteiger partial charge is 0.0951 e. The summed E-state index contributed by atoms with van der Waals surface area (Å²) in [6, 6.07) is 0.687. The second-order valence-corrected chi connectivity index (χ2v) is 4.97. The lowest BCUT2D eigenvalue weighted by atomic mass is 9.94. The van der Waals surface area contributed by atoms with Crippen LogP contribution in [0, 0.1) is 0 Å². The maximum absolute atomic E-state index is 5.42. The minimum Gasteiger partial charge on any atom is -0.379 e. The van der Waals surface area contributed by atoms with Gasteiger partial charge >= 0.3 is 0 Å². The van der Waals surface area contributed by atoms with Gasteiger partial charge in [-0.1, -0.05) is 0 Å². The molecule has 0 radical (unpaired) electrons. The van der Waals surface area contributed by atoms with Crippen molar-refractivity contribution in [3.05, 3.63) is 17.7 Å². The second-order valence-electron chi connectivity index (χ2n) is 4.97. The fraction of sp³-hybridized carbons (Fsp3) is 0.769. The van der Waals surface area contributed by atoms with E-state index in [0.717, 1.165) is 39.3 Å². The number of hydrogen-bond acceptors (Lipinski definition) is 3. The SMILES string of the molecule is CCn1cnc2c1CCC(N1CCOCC1)C2. The van der Waals surface area contributed by atoms with Crippen LogP contribution in [0.2, 0.25) is 0 Å². The summed E-state index contributed by atoms with van der Waals surface area (Å²) in [7, 11) is 0. The summed E-state index contributed by atoms with van der Waals surface area (Å²) in [5.74, 6) is 0. The Labute approximate surface area is 103 Å². The van der Waals surface area contributed by atoms with Crippen molar-refractivity contribution >= 4 is 0 Å². The summed E-state index contributed by atoms with van der Waals surface area (Å²) in [6.07, 6.45) is 5.60. The van der Waals surface area contributed by atoms with E-state index >= 15 is 0 Å². The lowest BCUT2D eigenvalue weighted by Gasteiger charge is -2.36. The number of hydrogen-bond donors (Lipinski definition) is 0. The Balaban J connectivity index is 1.71. The van der Waals surface area contributed by atoms with Crippen LogP contribution in [-0.4, -0.2) is 46.8 Å². The van der Waals surface area contributed by atoms with Gasteiger partial charge in [0, 0.05) is 37.8 Å². The molecule has 1 aliphatic heterocycles. The van der Waals surface area contributed by atoms with Crippen molar-refractivity contribution in [3.8, 4) is 0 Å². The Morgan fingerprint density at radius 2 is 2.24 bits per heavy atom. The third kappa shape index (κ3) is 2.11. The van der Waals surface area contributed by atoms with Gasteiger partial charge in [-0.3, -0.25) is 4.90 Å². The molecule has 0 amide bonds. The average molecular weight is 235 g/mol. The molecule has 1 aromatic heterocycles. The molecule has 0 saturated carbocycles. The van der Waals surface area contributed by atoms with Crippen molar-refractivity contribution in [1.29, 1.82) is 0 Å². The van der Waals surface area contributed by atoms with Crippen LogP contribution in [-0.2, 0) is 24.1 Å². The second kappa shape index (κ2) is 4.78. The van der Waals surface area contributed by atoms with Crippen molar-refractivity contribution in [2.24, 2.45) is 0 Å². The van der Waals surface area contributed by atoms with Crippen molar-refractivity contribution in [2.75, 3.05) is 26.3 Å².